The van der Waals surface area contributed by atoms with E-state index in [2.05, 4.69) is 77.4 Å². The van der Waals surface area contributed by atoms with Crippen LogP contribution in [0.4, 0.5) is 0 Å². The second-order valence-electron chi connectivity index (χ2n) is 7.11. The Balaban J connectivity index is 1.85. The summed E-state index contributed by atoms with van der Waals surface area (Å²) in [5.41, 5.74) is 13.6. The minimum Gasteiger partial charge on any atom is -0.402 e. The Bertz CT molecular complexity index is 1140. The van der Waals surface area contributed by atoms with Crippen molar-refractivity contribution in [3.63, 3.8) is 0 Å². The molecular weight excluding hydrogens is 316 g/mol. The van der Waals surface area contributed by atoms with E-state index in [0.717, 1.165) is 31.4 Å². The molecule has 0 atom stereocenters. The normalized spacial score (nSPS) is 17.3. The summed E-state index contributed by atoms with van der Waals surface area (Å²) in [7, 11) is 0. The molecular formula is C24H22N2. The lowest BCUT2D eigenvalue weighted by Crippen LogP contribution is -2.01. The van der Waals surface area contributed by atoms with Gasteiger partial charge in [-0.1, -0.05) is 48.6 Å². The van der Waals surface area contributed by atoms with Crippen LogP contribution in [0.2, 0.25) is 0 Å². The van der Waals surface area contributed by atoms with E-state index >= 15 is 0 Å². The Kier molecular flexibility index (Phi) is 3.56. The Hall–Kier alpha value is -3.00. The Morgan fingerprint density at radius 1 is 0.808 bits per heavy atom. The van der Waals surface area contributed by atoms with Crippen LogP contribution in [-0.2, 0) is 0 Å². The van der Waals surface area contributed by atoms with Gasteiger partial charge in [-0.25, -0.2) is 0 Å². The smallest absolute Gasteiger partial charge is 0.0543 e. The molecule has 3 aromatic rings. The second kappa shape index (κ2) is 6.06. The molecule has 0 spiro atoms. The lowest BCUT2D eigenvalue weighted by atomic mass is 9.92. The number of hydrogen-bond donors (Lipinski definition) is 1. The number of nitrogens with two attached hydrogens (primary N) is 1. The monoisotopic (exact) mass is 338 g/mol. The SMILES string of the molecule is NC1=CC=C(c2cccc3c2c2ccccc2n3C2=CC=CCC2)CC1. The highest BCUT2D eigenvalue weighted by Gasteiger charge is 2.18. The molecule has 128 valence electrons. The van der Waals surface area contributed by atoms with Crippen LogP contribution >= 0.6 is 0 Å². The summed E-state index contributed by atoms with van der Waals surface area (Å²) in [5.74, 6) is 0. The lowest BCUT2D eigenvalue weighted by Gasteiger charge is -2.15. The molecule has 0 saturated heterocycles. The van der Waals surface area contributed by atoms with E-state index in [4.69, 9.17) is 5.73 Å². The first kappa shape index (κ1) is 15.3. The molecule has 2 N–H and O–H groups in total. The number of aromatic nitrogens is 1. The van der Waals surface area contributed by atoms with Crippen LogP contribution < -0.4 is 5.73 Å². The molecule has 0 radical (unpaired) electrons. The number of benzene rings is 2. The lowest BCUT2D eigenvalue weighted by molar-refractivity contribution is 0.959. The van der Waals surface area contributed by atoms with Gasteiger partial charge >= 0.3 is 0 Å². The maximum absolute atomic E-state index is 5.98. The van der Waals surface area contributed by atoms with Crippen LogP contribution in [0.25, 0.3) is 33.1 Å². The Morgan fingerprint density at radius 3 is 2.50 bits per heavy atom. The number of para-hydroxylation sites is 1. The van der Waals surface area contributed by atoms with E-state index in [1.165, 1.54) is 38.6 Å². The van der Waals surface area contributed by atoms with Crippen molar-refractivity contribution in [3.05, 3.63) is 84.1 Å². The van der Waals surface area contributed by atoms with Gasteiger partial charge in [0.25, 0.3) is 0 Å². The van der Waals surface area contributed by atoms with Crippen molar-refractivity contribution in [2.45, 2.75) is 25.7 Å². The van der Waals surface area contributed by atoms with Gasteiger partial charge in [-0.05, 0) is 61.1 Å². The van der Waals surface area contributed by atoms with Gasteiger partial charge in [0.05, 0.1) is 11.0 Å². The van der Waals surface area contributed by atoms with Gasteiger partial charge in [0.1, 0.15) is 0 Å². The van der Waals surface area contributed by atoms with Gasteiger partial charge < -0.3 is 10.3 Å². The quantitative estimate of drug-likeness (QED) is 0.610. The Labute approximate surface area is 153 Å². The molecule has 2 aromatic carbocycles. The zero-order chi connectivity index (χ0) is 17.5. The molecule has 2 nitrogen and oxygen atoms in total. The molecule has 2 heteroatoms. The maximum atomic E-state index is 5.98. The third kappa shape index (κ3) is 2.33. The number of nitrogens with zero attached hydrogens (tertiary/aromatic N) is 1. The molecule has 1 heterocycles. The van der Waals surface area contributed by atoms with Crippen LogP contribution in [0.1, 0.15) is 31.2 Å². The zero-order valence-corrected chi connectivity index (χ0v) is 14.8. The van der Waals surface area contributed by atoms with Crippen LogP contribution in [0, 0.1) is 0 Å². The van der Waals surface area contributed by atoms with Crippen molar-refractivity contribution in [1.29, 1.82) is 0 Å². The summed E-state index contributed by atoms with van der Waals surface area (Å²) in [6.45, 7) is 0. The largest absolute Gasteiger partial charge is 0.402 e. The van der Waals surface area contributed by atoms with Gasteiger partial charge in [0, 0.05) is 22.2 Å². The summed E-state index contributed by atoms with van der Waals surface area (Å²) in [6.07, 6.45) is 15.1. The molecule has 26 heavy (non-hydrogen) atoms. The van der Waals surface area contributed by atoms with Crippen molar-refractivity contribution in [1.82, 2.24) is 4.57 Å². The molecule has 5 rings (SSSR count). The molecule has 0 unspecified atom stereocenters. The van der Waals surface area contributed by atoms with E-state index in [1.54, 1.807) is 0 Å². The molecule has 1 aromatic heterocycles. The van der Waals surface area contributed by atoms with Crippen LogP contribution in [0.15, 0.2) is 78.5 Å². The first-order chi connectivity index (χ1) is 12.8. The van der Waals surface area contributed by atoms with Crippen LogP contribution in [0.5, 0.6) is 0 Å². The number of hydrogen-bond acceptors (Lipinski definition) is 1. The number of rotatable bonds is 2. The molecule has 0 aliphatic heterocycles. The van der Waals surface area contributed by atoms with Gasteiger partial charge in [-0.2, -0.15) is 0 Å². The standard InChI is InChI=1S/C24H22N2/c25-18-15-13-17(14-16-18)20-10-6-12-23-24(20)21-9-4-5-11-22(21)26(23)19-7-2-1-3-8-19/h1-2,4-7,9-13,15H,3,8,14,16,25H2. The molecule has 2 aliphatic carbocycles. The van der Waals surface area contributed by atoms with Crippen molar-refractivity contribution in [2.75, 3.05) is 0 Å². The first-order valence-electron chi connectivity index (χ1n) is 9.37. The summed E-state index contributed by atoms with van der Waals surface area (Å²) < 4.78 is 2.45. The first-order valence-corrected chi connectivity index (χ1v) is 9.37. The third-order valence-corrected chi connectivity index (χ3v) is 5.50. The zero-order valence-electron chi connectivity index (χ0n) is 14.8. The summed E-state index contributed by atoms with van der Waals surface area (Å²) in [6, 6.07) is 15.5. The molecule has 0 fully saturated rings. The van der Waals surface area contributed by atoms with Gasteiger partial charge in [-0.3, -0.25) is 0 Å². The fourth-order valence-electron chi connectivity index (χ4n) is 4.25. The van der Waals surface area contributed by atoms with Crippen molar-refractivity contribution in [3.8, 4) is 0 Å². The van der Waals surface area contributed by atoms with Gasteiger partial charge in [0.15, 0.2) is 0 Å². The van der Waals surface area contributed by atoms with Gasteiger partial charge in [-0.15, -0.1) is 0 Å². The highest BCUT2D eigenvalue weighted by atomic mass is 15.0. The predicted octanol–water partition coefficient (Wildman–Crippen LogP) is 6.01. The van der Waals surface area contributed by atoms with Crippen LogP contribution in [0.3, 0.4) is 0 Å². The minimum atomic E-state index is 0.941. The van der Waals surface area contributed by atoms with Crippen LogP contribution in [-0.4, -0.2) is 4.57 Å². The minimum absolute atomic E-state index is 0.941. The summed E-state index contributed by atoms with van der Waals surface area (Å²) in [5, 5.41) is 2.69. The summed E-state index contributed by atoms with van der Waals surface area (Å²) in [4.78, 5) is 0. The second-order valence-corrected chi connectivity index (χ2v) is 7.11. The number of fused-ring (bicyclic) bond motifs is 3. The van der Waals surface area contributed by atoms with Gasteiger partial charge in [0.2, 0.25) is 0 Å². The maximum Gasteiger partial charge on any atom is 0.0543 e. The van der Waals surface area contributed by atoms with E-state index in [9.17, 15) is 0 Å². The van der Waals surface area contributed by atoms with Crippen molar-refractivity contribution < 1.29 is 0 Å². The fourth-order valence-corrected chi connectivity index (χ4v) is 4.25. The fraction of sp³-hybridized carbons (Fsp3) is 0.167. The van der Waals surface area contributed by atoms with E-state index in [1.807, 2.05) is 0 Å². The molecule has 0 saturated carbocycles. The average molecular weight is 338 g/mol. The highest BCUT2D eigenvalue weighted by Crippen LogP contribution is 2.39. The molecule has 0 amide bonds. The summed E-state index contributed by atoms with van der Waals surface area (Å²) >= 11 is 0. The number of allylic oxidation sites excluding steroid dienone is 8. The molecule has 0 bridgehead atoms. The topological polar surface area (TPSA) is 30.9 Å². The van der Waals surface area contributed by atoms with E-state index in [-0.39, 0.29) is 0 Å². The average Bonchev–Trinajstić information content (AvgIpc) is 3.04. The Morgan fingerprint density at radius 2 is 1.69 bits per heavy atom. The molecule has 2 aliphatic rings. The predicted molar refractivity (Wildman–Crippen MR) is 112 cm³/mol. The van der Waals surface area contributed by atoms with Crippen molar-refractivity contribution in [2.24, 2.45) is 5.73 Å². The van der Waals surface area contributed by atoms with E-state index in [0.29, 0.717) is 0 Å². The van der Waals surface area contributed by atoms with E-state index < -0.39 is 0 Å². The van der Waals surface area contributed by atoms with Crippen molar-refractivity contribution >= 4 is 33.1 Å². The highest BCUT2D eigenvalue weighted by molar-refractivity contribution is 6.14. The third-order valence-electron chi connectivity index (χ3n) is 5.50.